The van der Waals surface area contributed by atoms with Crippen LogP contribution in [0.15, 0.2) is 47.4 Å². The van der Waals surface area contributed by atoms with Gasteiger partial charge in [0.15, 0.2) is 5.13 Å². The van der Waals surface area contributed by atoms with Crippen LogP contribution in [0.1, 0.15) is 13.8 Å². The molecule has 1 aromatic heterocycles. The van der Waals surface area contributed by atoms with Crippen molar-refractivity contribution in [1.29, 1.82) is 0 Å². The third-order valence-electron chi connectivity index (χ3n) is 4.83. The quantitative estimate of drug-likeness (QED) is 0.413. The molecule has 3 aromatic rings. The summed E-state index contributed by atoms with van der Waals surface area (Å²) < 4.78 is 19.5. The first-order valence-electron chi connectivity index (χ1n) is 9.89. The van der Waals surface area contributed by atoms with Crippen LogP contribution >= 0.6 is 23.1 Å². The van der Waals surface area contributed by atoms with Gasteiger partial charge in [0.05, 0.1) is 23.1 Å². The number of amides is 1. The normalized spacial score (nSPS) is 11.2. The summed E-state index contributed by atoms with van der Waals surface area (Å²) in [5, 5.41) is 0.614. The number of nitrogens with zero attached hydrogens (tertiary/aromatic N) is 3. The first-order valence-corrected chi connectivity index (χ1v) is 11.7. The number of aromatic nitrogens is 1. The highest BCUT2D eigenvalue weighted by molar-refractivity contribution is 8.00. The average molecular weight is 448 g/mol. The first-order chi connectivity index (χ1) is 14.5. The van der Waals surface area contributed by atoms with E-state index in [0.717, 1.165) is 35.0 Å². The highest BCUT2D eigenvalue weighted by Crippen LogP contribution is 2.30. The van der Waals surface area contributed by atoms with Crippen molar-refractivity contribution in [2.24, 2.45) is 0 Å². The second kappa shape index (κ2) is 10.7. The zero-order valence-electron chi connectivity index (χ0n) is 17.4. The number of carbonyl (C=O) groups excluding carboxylic acids is 1. The molecule has 0 fully saturated rings. The highest BCUT2D eigenvalue weighted by atomic mass is 32.2. The van der Waals surface area contributed by atoms with Gasteiger partial charge in [-0.2, -0.15) is 0 Å². The van der Waals surface area contributed by atoms with E-state index >= 15 is 0 Å². The number of ether oxygens (including phenoxy) is 1. The van der Waals surface area contributed by atoms with Crippen LogP contribution in [-0.4, -0.2) is 54.8 Å². The van der Waals surface area contributed by atoms with Crippen molar-refractivity contribution in [3.8, 4) is 5.75 Å². The molecule has 0 aliphatic heterocycles. The second-order valence-electron chi connectivity index (χ2n) is 6.64. The molecule has 0 bridgehead atoms. The average Bonchev–Trinajstić information content (AvgIpc) is 3.18. The lowest BCUT2D eigenvalue weighted by atomic mass is 10.3. The molecule has 0 spiro atoms. The van der Waals surface area contributed by atoms with Crippen LogP contribution in [0.4, 0.5) is 9.52 Å². The summed E-state index contributed by atoms with van der Waals surface area (Å²) in [5.41, 5.74) is 0.708. The molecule has 3 rings (SSSR count). The Hall–Kier alpha value is -2.16. The molecule has 0 aliphatic carbocycles. The summed E-state index contributed by atoms with van der Waals surface area (Å²) >= 11 is 2.83. The molecule has 0 unspecified atom stereocenters. The molecule has 2 aromatic carbocycles. The predicted octanol–water partition coefficient (Wildman–Crippen LogP) is 4.91. The van der Waals surface area contributed by atoms with Crippen molar-refractivity contribution < 1.29 is 13.9 Å². The van der Waals surface area contributed by atoms with E-state index in [1.165, 1.54) is 35.2 Å². The van der Waals surface area contributed by atoms with E-state index in [4.69, 9.17) is 4.74 Å². The fourth-order valence-corrected chi connectivity index (χ4v) is 4.81. The summed E-state index contributed by atoms with van der Waals surface area (Å²) in [4.78, 5) is 22.7. The van der Waals surface area contributed by atoms with Gasteiger partial charge in [-0.3, -0.25) is 9.69 Å². The van der Waals surface area contributed by atoms with Gasteiger partial charge in [0.2, 0.25) is 5.91 Å². The number of anilines is 1. The van der Waals surface area contributed by atoms with Crippen molar-refractivity contribution in [3.63, 3.8) is 0 Å². The van der Waals surface area contributed by atoms with E-state index in [-0.39, 0.29) is 11.7 Å². The van der Waals surface area contributed by atoms with Crippen LogP contribution < -0.4 is 9.64 Å². The van der Waals surface area contributed by atoms with Gasteiger partial charge >= 0.3 is 0 Å². The number of methoxy groups -OCH3 is 1. The fraction of sp³-hybridized carbons (Fsp3) is 0.364. The predicted molar refractivity (Wildman–Crippen MR) is 123 cm³/mol. The number of thioether (sulfide) groups is 1. The molecule has 0 saturated heterocycles. The van der Waals surface area contributed by atoms with E-state index < -0.39 is 0 Å². The zero-order valence-corrected chi connectivity index (χ0v) is 19.1. The van der Waals surface area contributed by atoms with Crippen LogP contribution in [0.5, 0.6) is 5.75 Å². The Labute approximate surface area is 184 Å². The first kappa shape index (κ1) is 22.5. The second-order valence-corrected chi connectivity index (χ2v) is 8.70. The Morgan fingerprint density at radius 2 is 1.87 bits per heavy atom. The van der Waals surface area contributed by atoms with Gasteiger partial charge in [-0.05, 0) is 55.6 Å². The highest BCUT2D eigenvalue weighted by Gasteiger charge is 2.21. The Kier molecular flexibility index (Phi) is 8.07. The molecule has 0 atom stereocenters. The number of hydrogen-bond donors (Lipinski definition) is 0. The molecule has 0 N–H and O–H groups in total. The molecule has 0 saturated carbocycles. The van der Waals surface area contributed by atoms with Gasteiger partial charge in [0.1, 0.15) is 11.6 Å². The van der Waals surface area contributed by atoms with Gasteiger partial charge in [0.25, 0.3) is 0 Å². The SMILES string of the molecule is CCN(CC)CCN(C(=O)CSc1ccc(OC)cc1)c1nc2ccc(F)cc2s1. The number of benzene rings is 2. The van der Waals surface area contributed by atoms with Gasteiger partial charge in [-0.15, -0.1) is 11.8 Å². The number of carbonyl (C=O) groups is 1. The van der Waals surface area contributed by atoms with Gasteiger partial charge in [0, 0.05) is 18.0 Å². The topological polar surface area (TPSA) is 45.7 Å². The van der Waals surface area contributed by atoms with Crippen LogP contribution in [0, 0.1) is 5.82 Å². The summed E-state index contributed by atoms with van der Waals surface area (Å²) in [6.07, 6.45) is 0. The lowest BCUT2D eigenvalue weighted by Gasteiger charge is -2.24. The maximum atomic E-state index is 13.6. The van der Waals surface area contributed by atoms with Crippen LogP contribution in [0.3, 0.4) is 0 Å². The third kappa shape index (κ3) is 5.71. The number of hydrogen-bond acceptors (Lipinski definition) is 6. The summed E-state index contributed by atoms with van der Waals surface area (Å²) in [7, 11) is 1.63. The van der Waals surface area contributed by atoms with E-state index in [0.29, 0.717) is 22.9 Å². The maximum Gasteiger partial charge on any atom is 0.239 e. The molecule has 160 valence electrons. The minimum atomic E-state index is -0.297. The standard InChI is InChI=1S/C22H26FN3O2S2/c1-4-25(5-2)12-13-26(22-24-19-11-6-16(23)14-20(19)30-22)21(27)15-29-18-9-7-17(28-3)8-10-18/h6-11,14H,4-5,12-13,15H2,1-3H3. The number of rotatable bonds is 10. The molecule has 0 radical (unpaired) electrons. The summed E-state index contributed by atoms with van der Waals surface area (Å²) in [6, 6.07) is 12.2. The van der Waals surface area contributed by atoms with Crippen molar-refractivity contribution >= 4 is 44.4 Å². The van der Waals surface area contributed by atoms with E-state index in [2.05, 4.69) is 23.7 Å². The smallest absolute Gasteiger partial charge is 0.239 e. The number of fused-ring (bicyclic) bond motifs is 1. The monoisotopic (exact) mass is 447 g/mol. The van der Waals surface area contributed by atoms with Crippen molar-refractivity contribution in [1.82, 2.24) is 9.88 Å². The summed E-state index contributed by atoms with van der Waals surface area (Å²) in [6.45, 7) is 7.36. The Balaban J connectivity index is 1.77. The molecule has 1 heterocycles. The number of likely N-dealkylation sites (N-methyl/N-ethyl adjacent to an activating group) is 1. The van der Waals surface area contributed by atoms with Crippen molar-refractivity contribution in [2.45, 2.75) is 18.7 Å². The van der Waals surface area contributed by atoms with Crippen molar-refractivity contribution in [2.75, 3.05) is 43.9 Å². The molecule has 8 heteroatoms. The third-order valence-corrected chi connectivity index (χ3v) is 6.87. The van der Waals surface area contributed by atoms with Crippen LogP contribution in [0.25, 0.3) is 10.2 Å². The molecular formula is C22H26FN3O2S2. The van der Waals surface area contributed by atoms with Gasteiger partial charge < -0.3 is 9.64 Å². The van der Waals surface area contributed by atoms with E-state index in [1.807, 2.05) is 24.3 Å². The number of halogens is 1. The Bertz CT molecular complexity index is 974. The maximum absolute atomic E-state index is 13.6. The Morgan fingerprint density at radius 3 is 2.53 bits per heavy atom. The lowest BCUT2D eigenvalue weighted by Crippen LogP contribution is -2.39. The summed E-state index contributed by atoms with van der Waals surface area (Å²) in [5.74, 6) is 0.777. The molecule has 5 nitrogen and oxygen atoms in total. The van der Waals surface area contributed by atoms with Gasteiger partial charge in [-0.25, -0.2) is 9.37 Å². The zero-order chi connectivity index (χ0) is 21.5. The number of thiazole rings is 1. The lowest BCUT2D eigenvalue weighted by molar-refractivity contribution is -0.116. The molecule has 30 heavy (non-hydrogen) atoms. The molecule has 1 amide bonds. The fourth-order valence-electron chi connectivity index (χ4n) is 3.00. The van der Waals surface area contributed by atoms with E-state index in [9.17, 15) is 9.18 Å². The van der Waals surface area contributed by atoms with Crippen LogP contribution in [0.2, 0.25) is 0 Å². The van der Waals surface area contributed by atoms with Crippen molar-refractivity contribution in [3.05, 3.63) is 48.3 Å². The van der Waals surface area contributed by atoms with Crippen LogP contribution in [-0.2, 0) is 4.79 Å². The minimum Gasteiger partial charge on any atom is -0.497 e. The minimum absolute atomic E-state index is 0.0116. The molecular weight excluding hydrogens is 421 g/mol. The van der Waals surface area contributed by atoms with E-state index in [1.54, 1.807) is 18.1 Å². The van der Waals surface area contributed by atoms with Gasteiger partial charge in [-0.1, -0.05) is 25.2 Å². The largest absolute Gasteiger partial charge is 0.497 e. The Morgan fingerprint density at radius 1 is 1.13 bits per heavy atom. The molecule has 0 aliphatic rings.